The highest BCUT2D eigenvalue weighted by Gasteiger charge is 2.28. The zero-order valence-electron chi connectivity index (χ0n) is 25.7. The molecule has 48 heavy (non-hydrogen) atoms. The predicted molar refractivity (Wildman–Crippen MR) is 165 cm³/mol. The van der Waals surface area contributed by atoms with Crippen LogP contribution in [0.15, 0.2) is 24.3 Å². The van der Waals surface area contributed by atoms with Crippen LogP contribution in [0.1, 0.15) is 65.7 Å². The van der Waals surface area contributed by atoms with Gasteiger partial charge in [0.15, 0.2) is 23.3 Å². The largest absolute Gasteiger partial charge is 0.491 e. The van der Waals surface area contributed by atoms with Gasteiger partial charge < -0.3 is 40.7 Å². The molecule has 0 bridgehead atoms. The first kappa shape index (κ1) is 40.1. The number of nitrogens with zero attached hydrogens (tertiary/aromatic N) is 1. The molecule has 1 unspecified atom stereocenters. The molecule has 0 heterocycles. The quantitative estimate of drug-likeness (QED) is 0.0249. The number of halogens is 4. The summed E-state index contributed by atoms with van der Waals surface area (Å²) in [4.78, 5) is 50.0. The Morgan fingerprint density at radius 2 is 1.25 bits per heavy atom. The summed E-state index contributed by atoms with van der Waals surface area (Å²) in [6.07, 6.45) is 2.50. The first-order chi connectivity index (χ1) is 22.7. The van der Waals surface area contributed by atoms with Gasteiger partial charge in [-0.2, -0.15) is 0 Å². The van der Waals surface area contributed by atoms with Gasteiger partial charge in [0.05, 0.1) is 17.7 Å². The first-order valence-electron chi connectivity index (χ1n) is 14.9. The van der Waals surface area contributed by atoms with Crippen LogP contribution in [0.4, 0.5) is 17.6 Å². The summed E-state index contributed by atoms with van der Waals surface area (Å²) >= 11 is 0. The zero-order chi connectivity index (χ0) is 36.0. The Kier molecular flexibility index (Phi) is 16.4. The van der Waals surface area contributed by atoms with E-state index < -0.39 is 95.8 Å². The summed E-state index contributed by atoms with van der Waals surface area (Å²) in [6, 6.07) is 2.50. The molecule has 262 valence electrons. The van der Waals surface area contributed by atoms with Crippen LogP contribution < -0.4 is 32.8 Å². The molecule has 0 saturated heterocycles. The van der Waals surface area contributed by atoms with E-state index in [0.717, 1.165) is 29.2 Å². The van der Waals surface area contributed by atoms with Crippen LogP contribution in [0.5, 0.6) is 0 Å². The molecule has 0 aliphatic heterocycles. The molecule has 3 amide bonds. The van der Waals surface area contributed by atoms with E-state index >= 15 is 0 Å². The second-order valence-electron chi connectivity index (χ2n) is 10.7. The standard InChI is InChI=1S/C28H37B2F4N5O9/c31-22-16(8-10-18(24(22)33)29(45)46)26(41)37-13-4-1-2-6-14-39(15-21(40)36-12-5-3-7-20(38-35)28(43)44)27(42)17-9-11-19(30(47)48)25(34)23(17)32/h8-11,20,38,45-48H,1-7,12-15,35H2,(H,36,40)(H,37,41)(H,43,44). The molecule has 2 aromatic rings. The molecular formula is C28H37B2F4N5O9. The van der Waals surface area contributed by atoms with Crippen molar-refractivity contribution in [3.05, 3.63) is 58.7 Å². The number of rotatable bonds is 20. The number of hydrazine groups is 1. The number of nitrogens with one attached hydrogen (secondary N) is 3. The summed E-state index contributed by atoms with van der Waals surface area (Å²) in [5.74, 6) is -4.95. The van der Waals surface area contributed by atoms with Crippen molar-refractivity contribution in [1.29, 1.82) is 0 Å². The number of unbranched alkanes of at least 4 members (excludes halogenated alkanes) is 4. The van der Waals surface area contributed by atoms with Gasteiger partial charge in [-0.25, -0.2) is 23.0 Å². The highest BCUT2D eigenvalue weighted by atomic mass is 19.2. The lowest BCUT2D eigenvalue weighted by molar-refractivity contribution is -0.139. The second kappa shape index (κ2) is 19.7. The molecule has 2 aromatic carbocycles. The Hall–Kier alpha value is -4.07. The van der Waals surface area contributed by atoms with Gasteiger partial charge in [0, 0.05) is 30.6 Å². The van der Waals surface area contributed by atoms with Gasteiger partial charge in [0.2, 0.25) is 5.91 Å². The number of hydrogen-bond donors (Lipinski definition) is 9. The molecule has 0 spiro atoms. The Labute approximate surface area is 273 Å². The van der Waals surface area contributed by atoms with Crippen molar-refractivity contribution in [2.45, 2.75) is 51.0 Å². The Morgan fingerprint density at radius 1 is 0.729 bits per heavy atom. The maximum absolute atomic E-state index is 14.7. The number of carbonyl (C=O) groups excluding carboxylic acids is 3. The summed E-state index contributed by atoms with van der Waals surface area (Å²) in [7, 11) is -4.59. The van der Waals surface area contributed by atoms with E-state index in [2.05, 4.69) is 16.1 Å². The molecule has 0 saturated carbocycles. The number of amides is 3. The van der Waals surface area contributed by atoms with E-state index in [9.17, 15) is 46.8 Å². The van der Waals surface area contributed by atoms with Crippen molar-refractivity contribution < 1.29 is 61.9 Å². The van der Waals surface area contributed by atoms with Crippen molar-refractivity contribution in [3.8, 4) is 0 Å². The minimum Gasteiger partial charge on any atom is -0.480 e. The van der Waals surface area contributed by atoms with E-state index in [1.165, 1.54) is 0 Å². The maximum Gasteiger partial charge on any atom is 0.491 e. The molecule has 0 aliphatic carbocycles. The van der Waals surface area contributed by atoms with Crippen LogP contribution in [0.2, 0.25) is 0 Å². The monoisotopic (exact) mass is 685 g/mol. The number of carboxylic acids is 1. The summed E-state index contributed by atoms with van der Waals surface area (Å²) < 4.78 is 57.2. The average molecular weight is 685 g/mol. The van der Waals surface area contributed by atoms with Gasteiger partial charge in [-0.15, -0.1) is 0 Å². The van der Waals surface area contributed by atoms with Gasteiger partial charge in [-0.05, 0) is 44.2 Å². The van der Waals surface area contributed by atoms with Gasteiger partial charge >= 0.3 is 20.2 Å². The molecule has 0 aliphatic rings. The normalized spacial score (nSPS) is 11.5. The van der Waals surface area contributed by atoms with Gasteiger partial charge in [0.25, 0.3) is 11.8 Å². The van der Waals surface area contributed by atoms with Crippen LogP contribution in [0.3, 0.4) is 0 Å². The van der Waals surface area contributed by atoms with Gasteiger partial charge in [0.1, 0.15) is 6.04 Å². The van der Waals surface area contributed by atoms with Crippen molar-refractivity contribution in [2.24, 2.45) is 5.84 Å². The van der Waals surface area contributed by atoms with Gasteiger partial charge in [-0.3, -0.25) is 25.0 Å². The molecular weight excluding hydrogens is 648 g/mol. The van der Waals surface area contributed by atoms with Crippen LogP contribution in [0, 0.1) is 23.3 Å². The van der Waals surface area contributed by atoms with E-state index in [1.54, 1.807) is 0 Å². The fraction of sp³-hybridized carbons (Fsp3) is 0.429. The summed E-state index contributed by atoms with van der Waals surface area (Å²) in [5.41, 5.74) is -0.737. The number of aliphatic carboxylic acids is 1. The third kappa shape index (κ3) is 11.6. The third-order valence-electron chi connectivity index (χ3n) is 7.26. The fourth-order valence-electron chi connectivity index (χ4n) is 4.58. The molecule has 1 atom stereocenters. The average Bonchev–Trinajstić information content (AvgIpc) is 3.03. The summed E-state index contributed by atoms with van der Waals surface area (Å²) in [5, 5.41) is 50.5. The minimum absolute atomic E-state index is 0.0530. The van der Waals surface area contributed by atoms with Gasteiger partial charge in [-0.1, -0.05) is 25.0 Å². The molecule has 14 nitrogen and oxygen atoms in total. The Bertz CT molecular complexity index is 1440. The van der Waals surface area contributed by atoms with E-state index in [0.29, 0.717) is 32.1 Å². The number of carbonyl (C=O) groups is 4. The van der Waals surface area contributed by atoms with Crippen molar-refractivity contribution in [1.82, 2.24) is 21.0 Å². The van der Waals surface area contributed by atoms with Crippen LogP contribution in [-0.2, 0) is 9.59 Å². The number of hydrogen-bond acceptors (Lipinski definition) is 10. The fourth-order valence-corrected chi connectivity index (χ4v) is 4.58. The van der Waals surface area contributed by atoms with E-state index in [4.69, 9.17) is 21.0 Å². The lowest BCUT2D eigenvalue weighted by Gasteiger charge is -2.23. The minimum atomic E-state index is -2.33. The number of carboxylic acid groups (broad SMARTS) is 1. The topological polar surface area (TPSA) is 235 Å². The third-order valence-corrected chi connectivity index (χ3v) is 7.26. The summed E-state index contributed by atoms with van der Waals surface area (Å²) in [6.45, 7) is -0.451. The molecule has 0 aromatic heterocycles. The highest BCUT2D eigenvalue weighted by Crippen LogP contribution is 2.15. The van der Waals surface area contributed by atoms with E-state index in [1.807, 2.05) is 0 Å². The first-order valence-corrected chi connectivity index (χ1v) is 14.9. The zero-order valence-corrected chi connectivity index (χ0v) is 25.7. The van der Waals surface area contributed by atoms with Crippen molar-refractivity contribution >= 4 is 48.9 Å². The number of nitrogens with two attached hydrogens (primary N) is 1. The molecule has 0 fully saturated rings. The lowest BCUT2D eigenvalue weighted by Crippen LogP contribution is -2.42. The van der Waals surface area contributed by atoms with Crippen LogP contribution in [0.25, 0.3) is 0 Å². The van der Waals surface area contributed by atoms with Crippen LogP contribution >= 0.6 is 0 Å². The predicted octanol–water partition coefficient (Wildman–Crippen LogP) is -1.76. The van der Waals surface area contributed by atoms with Crippen LogP contribution in [-0.4, -0.2) is 100 Å². The lowest BCUT2D eigenvalue weighted by atomic mass is 9.79. The second-order valence-corrected chi connectivity index (χ2v) is 10.7. The molecule has 10 N–H and O–H groups in total. The smallest absolute Gasteiger partial charge is 0.480 e. The molecule has 2 rings (SSSR count). The van der Waals surface area contributed by atoms with E-state index in [-0.39, 0.29) is 32.5 Å². The van der Waals surface area contributed by atoms with Crippen molar-refractivity contribution in [3.63, 3.8) is 0 Å². The Morgan fingerprint density at radius 3 is 1.81 bits per heavy atom. The SMILES string of the molecule is NNC(CCCCNC(=O)CN(CCCCCCNC(=O)c1ccc(B(O)O)c(F)c1F)C(=O)c1ccc(B(O)O)c(F)c1F)C(=O)O. The highest BCUT2D eigenvalue weighted by molar-refractivity contribution is 6.59. The molecule has 20 heteroatoms. The maximum atomic E-state index is 14.7. The van der Waals surface area contributed by atoms with Crippen molar-refractivity contribution in [2.75, 3.05) is 26.2 Å². The number of benzene rings is 2. The Balaban J connectivity index is 1.95. The molecule has 0 radical (unpaired) electrons.